The lowest BCUT2D eigenvalue weighted by atomic mass is 9.97. The second kappa shape index (κ2) is 2.64. The Morgan fingerprint density at radius 1 is 1.57 bits per heavy atom. The number of rotatable bonds is 0. The number of allylic oxidation sites excluding steroid dienone is 1. The van der Waals surface area contributed by atoms with Gasteiger partial charge in [-0.05, 0) is 0 Å². The van der Waals surface area contributed by atoms with Crippen LogP contribution in [-0.4, -0.2) is 54.0 Å². The molecule has 2 fully saturated rings. The molecule has 5 heteroatoms. The lowest BCUT2D eigenvalue weighted by Crippen LogP contribution is -2.59. The Morgan fingerprint density at radius 3 is 3.00 bits per heavy atom. The average Bonchev–Trinajstić information content (AvgIpc) is 2.40. The zero-order valence-corrected chi connectivity index (χ0v) is 8.79. The molecule has 0 saturated carbocycles. The van der Waals surface area contributed by atoms with Gasteiger partial charge in [0.1, 0.15) is 23.2 Å². The molecule has 0 aromatic heterocycles. The van der Waals surface area contributed by atoms with Crippen LogP contribution >= 0.6 is 11.6 Å². The van der Waals surface area contributed by atoms with Crippen molar-refractivity contribution in [1.29, 1.82) is 0 Å². The molecule has 0 atom stereocenters. The molecule has 2 saturated heterocycles. The van der Waals surface area contributed by atoms with Crippen molar-refractivity contribution in [2.45, 2.75) is 5.54 Å². The van der Waals surface area contributed by atoms with Gasteiger partial charge in [-0.2, -0.15) is 0 Å². The van der Waals surface area contributed by atoms with Crippen molar-refractivity contribution in [2.24, 2.45) is 4.99 Å². The Balaban J connectivity index is 1.93. The highest BCUT2D eigenvalue weighted by Gasteiger charge is 2.51. The first-order valence-corrected chi connectivity index (χ1v) is 5.07. The number of nitrogens with zero attached hydrogens (tertiary/aromatic N) is 3. The van der Waals surface area contributed by atoms with Gasteiger partial charge in [-0.15, -0.1) is 0 Å². The van der Waals surface area contributed by atoms with Crippen LogP contribution in [0.4, 0.5) is 0 Å². The minimum atomic E-state index is 0.183. The summed E-state index contributed by atoms with van der Waals surface area (Å²) in [4.78, 5) is 8.71. The van der Waals surface area contributed by atoms with E-state index in [0.717, 1.165) is 19.8 Å². The molecule has 3 heterocycles. The van der Waals surface area contributed by atoms with E-state index in [0.29, 0.717) is 11.8 Å². The Hall–Kier alpha value is -0.740. The second-order valence-corrected chi connectivity index (χ2v) is 4.49. The van der Waals surface area contributed by atoms with Crippen LogP contribution in [0, 0.1) is 0 Å². The predicted octanol–water partition coefficient (Wildman–Crippen LogP) is 0.453. The molecule has 0 amide bonds. The van der Waals surface area contributed by atoms with Crippen LogP contribution in [0.25, 0.3) is 0 Å². The van der Waals surface area contributed by atoms with Crippen LogP contribution < -0.4 is 0 Å². The van der Waals surface area contributed by atoms with Gasteiger partial charge in [0.05, 0.1) is 13.2 Å². The first-order chi connectivity index (χ1) is 6.71. The summed E-state index contributed by atoms with van der Waals surface area (Å²) in [7, 11) is 2.10. The van der Waals surface area contributed by atoms with E-state index >= 15 is 0 Å². The van der Waals surface area contributed by atoms with E-state index in [-0.39, 0.29) is 5.54 Å². The molecular formula is C9H12ClN3O. The third kappa shape index (κ3) is 0.953. The molecule has 14 heavy (non-hydrogen) atoms. The van der Waals surface area contributed by atoms with E-state index in [4.69, 9.17) is 16.3 Å². The van der Waals surface area contributed by atoms with Gasteiger partial charge in [-0.25, -0.2) is 0 Å². The van der Waals surface area contributed by atoms with Crippen molar-refractivity contribution in [3.05, 3.63) is 11.9 Å². The largest absolute Gasteiger partial charge is 0.376 e. The topological polar surface area (TPSA) is 28.1 Å². The third-order valence-electron chi connectivity index (χ3n) is 3.25. The van der Waals surface area contributed by atoms with E-state index in [1.165, 1.54) is 5.82 Å². The van der Waals surface area contributed by atoms with Gasteiger partial charge in [-0.3, -0.25) is 4.99 Å². The normalized spacial score (nSPS) is 28.4. The van der Waals surface area contributed by atoms with E-state index in [2.05, 4.69) is 21.8 Å². The molecule has 0 radical (unpaired) electrons. The van der Waals surface area contributed by atoms with Crippen molar-refractivity contribution in [2.75, 3.05) is 33.5 Å². The van der Waals surface area contributed by atoms with E-state index in [1.807, 2.05) is 6.08 Å². The second-order valence-electron chi connectivity index (χ2n) is 4.10. The summed E-state index contributed by atoms with van der Waals surface area (Å²) < 4.78 is 5.30. The monoisotopic (exact) mass is 213 g/mol. The first-order valence-electron chi connectivity index (χ1n) is 4.69. The van der Waals surface area contributed by atoms with E-state index < -0.39 is 0 Å². The van der Waals surface area contributed by atoms with E-state index in [1.54, 1.807) is 0 Å². The number of hydrogen-bond acceptors (Lipinski definition) is 4. The van der Waals surface area contributed by atoms with Crippen molar-refractivity contribution in [3.63, 3.8) is 0 Å². The van der Waals surface area contributed by atoms with Gasteiger partial charge in [0, 0.05) is 19.7 Å². The maximum atomic E-state index is 5.89. The van der Waals surface area contributed by atoms with Gasteiger partial charge in [0.2, 0.25) is 0 Å². The highest BCUT2D eigenvalue weighted by Crippen LogP contribution is 2.37. The number of likely N-dealkylation sites (N-methyl/N-ethyl adjacent to an activating group) is 1. The Labute approximate surface area is 87.8 Å². The van der Waals surface area contributed by atoms with Crippen LogP contribution in [0.15, 0.2) is 16.9 Å². The Kier molecular flexibility index (Phi) is 1.61. The van der Waals surface area contributed by atoms with Gasteiger partial charge in [0.25, 0.3) is 0 Å². The predicted molar refractivity (Wildman–Crippen MR) is 54.3 cm³/mol. The quantitative estimate of drug-likeness (QED) is 0.585. The fourth-order valence-corrected chi connectivity index (χ4v) is 2.39. The first kappa shape index (κ1) is 8.56. The van der Waals surface area contributed by atoms with Crippen LogP contribution in [0.5, 0.6) is 0 Å². The molecule has 76 valence electrons. The van der Waals surface area contributed by atoms with Gasteiger partial charge >= 0.3 is 0 Å². The molecule has 0 unspecified atom stereocenters. The van der Waals surface area contributed by atoms with Crippen molar-refractivity contribution < 1.29 is 4.74 Å². The molecule has 3 rings (SSSR count). The number of halogens is 1. The fourth-order valence-electron chi connectivity index (χ4n) is 2.24. The fraction of sp³-hybridized carbons (Fsp3) is 0.667. The summed E-state index contributed by atoms with van der Waals surface area (Å²) >= 11 is 5.89. The molecule has 0 N–H and O–H groups in total. The smallest absolute Gasteiger partial charge is 0.129 e. The molecular weight excluding hydrogens is 202 g/mol. The Bertz CT molecular complexity index is 335. The molecule has 1 spiro atoms. The zero-order valence-electron chi connectivity index (χ0n) is 8.03. The molecule has 3 aliphatic heterocycles. The minimum absolute atomic E-state index is 0.183. The number of fused-ring (bicyclic) bond motifs is 1. The lowest BCUT2D eigenvalue weighted by Gasteiger charge is -2.43. The molecule has 0 aromatic carbocycles. The highest BCUT2D eigenvalue weighted by molar-refractivity contribution is 6.68. The van der Waals surface area contributed by atoms with Crippen molar-refractivity contribution in [1.82, 2.24) is 9.80 Å². The molecule has 0 bridgehead atoms. The number of hydrogen-bond donors (Lipinski definition) is 0. The average molecular weight is 214 g/mol. The van der Waals surface area contributed by atoms with Gasteiger partial charge < -0.3 is 14.5 Å². The SMILES string of the molecule is CN1C2=CC(Cl)=NCN2CC12COC2. The maximum absolute atomic E-state index is 5.89. The minimum Gasteiger partial charge on any atom is -0.376 e. The molecule has 3 aliphatic rings. The lowest BCUT2D eigenvalue weighted by molar-refractivity contribution is -0.104. The van der Waals surface area contributed by atoms with Crippen LogP contribution in [0.3, 0.4) is 0 Å². The summed E-state index contributed by atoms with van der Waals surface area (Å²) in [5.74, 6) is 1.17. The van der Waals surface area contributed by atoms with Crippen molar-refractivity contribution >= 4 is 16.8 Å². The zero-order chi connectivity index (χ0) is 9.76. The standard InChI is InChI=1S/C9H12ClN3O/c1-12-8-2-7(10)11-6-13(8)3-9(12)4-14-5-9/h2H,3-6H2,1H3. The third-order valence-corrected chi connectivity index (χ3v) is 3.48. The molecule has 4 nitrogen and oxygen atoms in total. The van der Waals surface area contributed by atoms with Crippen molar-refractivity contribution in [3.8, 4) is 0 Å². The summed E-state index contributed by atoms with van der Waals surface area (Å²) in [6.07, 6.45) is 1.93. The summed E-state index contributed by atoms with van der Waals surface area (Å²) in [5.41, 5.74) is 0.183. The number of ether oxygens (including phenoxy) is 1. The summed E-state index contributed by atoms with van der Waals surface area (Å²) in [6, 6.07) is 0. The van der Waals surface area contributed by atoms with Crippen LogP contribution in [-0.2, 0) is 4.74 Å². The Morgan fingerprint density at radius 2 is 2.36 bits per heavy atom. The molecule has 0 aliphatic carbocycles. The maximum Gasteiger partial charge on any atom is 0.129 e. The van der Waals surface area contributed by atoms with Crippen LogP contribution in [0.2, 0.25) is 0 Å². The summed E-state index contributed by atoms with van der Waals surface area (Å²) in [5, 5.41) is 0.598. The van der Waals surface area contributed by atoms with Crippen LogP contribution in [0.1, 0.15) is 0 Å². The molecule has 0 aromatic rings. The van der Waals surface area contributed by atoms with E-state index in [9.17, 15) is 0 Å². The summed E-state index contributed by atoms with van der Waals surface area (Å²) in [6.45, 7) is 3.31. The van der Waals surface area contributed by atoms with Gasteiger partial charge in [0.15, 0.2) is 0 Å². The van der Waals surface area contributed by atoms with Gasteiger partial charge in [-0.1, -0.05) is 11.6 Å². The highest BCUT2D eigenvalue weighted by atomic mass is 35.5. The number of aliphatic imine (C=N–C) groups is 1.